The van der Waals surface area contributed by atoms with Crippen LogP contribution in [-0.2, 0) is 4.74 Å². The van der Waals surface area contributed by atoms with E-state index in [-0.39, 0.29) is 17.1 Å². The number of nitrogens with zero attached hydrogens (tertiary/aromatic N) is 4. The van der Waals surface area contributed by atoms with Gasteiger partial charge >= 0.3 is 0 Å². The lowest BCUT2D eigenvalue weighted by molar-refractivity contribution is -0.0261. The quantitative estimate of drug-likeness (QED) is 0.675. The van der Waals surface area contributed by atoms with E-state index in [0.29, 0.717) is 17.0 Å². The number of morpholine rings is 1. The summed E-state index contributed by atoms with van der Waals surface area (Å²) in [4.78, 5) is 23.0. The van der Waals surface area contributed by atoms with Crippen LogP contribution in [0.25, 0.3) is 16.7 Å². The van der Waals surface area contributed by atoms with Crippen molar-refractivity contribution in [1.29, 1.82) is 0 Å². The lowest BCUT2D eigenvalue weighted by Crippen LogP contribution is -2.59. The van der Waals surface area contributed by atoms with Crippen molar-refractivity contribution in [1.82, 2.24) is 24.6 Å². The first-order valence-electron chi connectivity index (χ1n) is 10.8. The van der Waals surface area contributed by atoms with Gasteiger partial charge < -0.3 is 10.1 Å². The lowest BCUT2D eigenvalue weighted by Gasteiger charge is -2.47. The number of rotatable bonds is 5. The molecule has 0 bridgehead atoms. The molecule has 2 aliphatic rings. The first kappa shape index (κ1) is 19.3. The Morgan fingerprint density at radius 3 is 2.63 bits per heavy atom. The molecule has 1 unspecified atom stereocenters. The van der Waals surface area contributed by atoms with E-state index in [2.05, 4.69) is 27.2 Å². The average molecular weight is 409 g/mol. The number of H-pyrrole nitrogens is 1. The van der Waals surface area contributed by atoms with Gasteiger partial charge in [0, 0.05) is 24.7 Å². The summed E-state index contributed by atoms with van der Waals surface area (Å²) < 4.78 is 7.30. The standard InChI is InChI=1S/C22H28N6O2/c1-16(22(9-5-6-10-22)27-11-13-30-14-12-27)24-21-25-19-18(20(29)26-21)15-23-28(19)17-7-3-2-4-8-17/h2-4,7-8,15-16H,5-6,9-14H2,1H3,(H2,24,25,26,29). The van der Waals surface area contributed by atoms with E-state index >= 15 is 0 Å². The zero-order valence-electron chi connectivity index (χ0n) is 17.3. The van der Waals surface area contributed by atoms with Crippen LogP contribution in [0.2, 0.25) is 0 Å². The molecule has 3 heterocycles. The zero-order valence-corrected chi connectivity index (χ0v) is 17.3. The molecule has 1 saturated carbocycles. The van der Waals surface area contributed by atoms with Gasteiger partial charge in [0.1, 0.15) is 5.39 Å². The van der Waals surface area contributed by atoms with Crippen molar-refractivity contribution < 1.29 is 4.74 Å². The smallest absolute Gasteiger partial charge is 0.263 e. The fraction of sp³-hybridized carbons (Fsp3) is 0.500. The van der Waals surface area contributed by atoms with Gasteiger partial charge in [0.2, 0.25) is 5.95 Å². The Morgan fingerprint density at radius 2 is 1.90 bits per heavy atom. The van der Waals surface area contributed by atoms with Gasteiger partial charge in [-0.25, -0.2) is 4.68 Å². The Bertz CT molecular complexity index is 1060. The number of fused-ring (bicyclic) bond motifs is 1. The monoisotopic (exact) mass is 408 g/mol. The molecule has 1 atom stereocenters. The number of aromatic amines is 1. The fourth-order valence-corrected chi connectivity index (χ4v) is 5.10. The molecular formula is C22H28N6O2. The number of nitrogens with one attached hydrogen (secondary N) is 2. The third-order valence-corrected chi connectivity index (χ3v) is 6.71. The summed E-state index contributed by atoms with van der Waals surface area (Å²) in [6.07, 6.45) is 6.33. The summed E-state index contributed by atoms with van der Waals surface area (Å²) in [5, 5.41) is 8.42. The number of anilines is 1. The lowest BCUT2D eigenvalue weighted by atomic mass is 9.86. The van der Waals surface area contributed by atoms with E-state index in [1.807, 2.05) is 30.3 Å². The summed E-state index contributed by atoms with van der Waals surface area (Å²) in [6.45, 7) is 5.68. The number of ether oxygens (including phenoxy) is 1. The summed E-state index contributed by atoms with van der Waals surface area (Å²) in [5.74, 6) is 0.497. The van der Waals surface area contributed by atoms with Gasteiger partial charge in [-0.05, 0) is 31.9 Å². The van der Waals surface area contributed by atoms with Crippen LogP contribution >= 0.6 is 0 Å². The van der Waals surface area contributed by atoms with Crippen LogP contribution in [0, 0.1) is 0 Å². The van der Waals surface area contributed by atoms with Crippen molar-refractivity contribution in [2.24, 2.45) is 0 Å². The largest absolute Gasteiger partial charge is 0.379 e. The normalized spacial score (nSPS) is 20.4. The average Bonchev–Trinajstić information content (AvgIpc) is 3.44. The molecule has 2 aromatic heterocycles. The maximum absolute atomic E-state index is 12.7. The predicted molar refractivity (Wildman–Crippen MR) is 116 cm³/mol. The number of hydrogen-bond donors (Lipinski definition) is 2. The highest BCUT2D eigenvalue weighted by Crippen LogP contribution is 2.39. The van der Waals surface area contributed by atoms with Crippen LogP contribution < -0.4 is 10.9 Å². The van der Waals surface area contributed by atoms with E-state index in [9.17, 15) is 4.79 Å². The SMILES string of the molecule is CC(Nc1nc2c(cnn2-c2ccccc2)c(=O)[nH]1)C1(N2CCOCC2)CCCC1. The minimum Gasteiger partial charge on any atom is -0.379 e. The molecule has 1 aliphatic heterocycles. The second-order valence-electron chi connectivity index (χ2n) is 8.32. The topological polar surface area (TPSA) is 88.1 Å². The minimum absolute atomic E-state index is 0.0664. The highest BCUT2D eigenvalue weighted by Gasteiger charge is 2.44. The molecule has 1 saturated heterocycles. The molecule has 5 rings (SSSR count). The summed E-state index contributed by atoms with van der Waals surface area (Å²) in [7, 11) is 0. The molecule has 8 nitrogen and oxygen atoms in total. The molecule has 30 heavy (non-hydrogen) atoms. The minimum atomic E-state index is -0.177. The molecule has 3 aromatic rings. The Morgan fingerprint density at radius 1 is 1.17 bits per heavy atom. The van der Waals surface area contributed by atoms with Crippen molar-refractivity contribution in [2.45, 2.75) is 44.2 Å². The van der Waals surface area contributed by atoms with Crippen molar-refractivity contribution in [3.05, 3.63) is 46.9 Å². The van der Waals surface area contributed by atoms with Crippen LogP contribution in [-0.4, -0.2) is 62.5 Å². The van der Waals surface area contributed by atoms with Crippen LogP contribution in [0.4, 0.5) is 5.95 Å². The first-order chi connectivity index (χ1) is 14.7. The van der Waals surface area contributed by atoms with Gasteiger partial charge in [-0.15, -0.1) is 0 Å². The molecule has 2 fully saturated rings. The predicted octanol–water partition coefficient (Wildman–Crippen LogP) is 2.55. The molecule has 0 spiro atoms. The molecule has 1 aliphatic carbocycles. The number of para-hydroxylation sites is 1. The molecule has 158 valence electrons. The van der Waals surface area contributed by atoms with Crippen molar-refractivity contribution in [2.75, 3.05) is 31.6 Å². The Hall–Kier alpha value is -2.71. The summed E-state index contributed by atoms with van der Waals surface area (Å²) in [6, 6.07) is 9.91. The fourth-order valence-electron chi connectivity index (χ4n) is 5.10. The Balaban J connectivity index is 1.48. The van der Waals surface area contributed by atoms with Crippen molar-refractivity contribution >= 4 is 17.0 Å². The van der Waals surface area contributed by atoms with Crippen molar-refractivity contribution in [3.63, 3.8) is 0 Å². The van der Waals surface area contributed by atoms with Crippen molar-refractivity contribution in [3.8, 4) is 5.69 Å². The van der Waals surface area contributed by atoms with Gasteiger partial charge in [0.15, 0.2) is 5.65 Å². The maximum atomic E-state index is 12.7. The molecule has 0 amide bonds. The van der Waals surface area contributed by atoms with Crippen LogP contribution in [0.15, 0.2) is 41.3 Å². The first-order valence-corrected chi connectivity index (χ1v) is 10.8. The van der Waals surface area contributed by atoms with Crippen LogP contribution in [0.1, 0.15) is 32.6 Å². The van der Waals surface area contributed by atoms with Crippen LogP contribution in [0.3, 0.4) is 0 Å². The summed E-state index contributed by atoms with van der Waals surface area (Å²) in [5.41, 5.74) is 1.33. The molecule has 0 radical (unpaired) electrons. The molecule has 1 aromatic carbocycles. The maximum Gasteiger partial charge on any atom is 0.263 e. The van der Waals surface area contributed by atoms with E-state index < -0.39 is 0 Å². The Kier molecular flexibility index (Phi) is 5.04. The zero-order chi connectivity index (χ0) is 20.6. The molecular weight excluding hydrogens is 380 g/mol. The van der Waals surface area contributed by atoms with Crippen LogP contribution in [0.5, 0.6) is 0 Å². The summed E-state index contributed by atoms with van der Waals surface area (Å²) >= 11 is 0. The second-order valence-corrected chi connectivity index (χ2v) is 8.32. The van der Waals surface area contributed by atoms with Gasteiger partial charge in [-0.2, -0.15) is 10.1 Å². The van der Waals surface area contributed by atoms with E-state index in [0.717, 1.165) is 44.8 Å². The van der Waals surface area contributed by atoms with E-state index in [1.165, 1.54) is 12.8 Å². The third-order valence-electron chi connectivity index (χ3n) is 6.71. The second kappa shape index (κ2) is 7.85. The third kappa shape index (κ3) is 3.30. The Labute approximate surface area is 175 Å². The highest BCUT2D eigenvalue weighted by molar-refractivity contribution is 5.76. The van der Waals surface area contributed by atoms with E-state index in [1.54, 1.807) is 10.9 Å². The molecule has 8 heteroatoms. The highest BCUT2D eigenvalue weighted by atomic mass is 16.5. The van der Waals surface area contributed by atoms with Gasteiger partial charge in [0.05, 0.1) is 25.1 Å². The van der Waals surface area contributed by atoms with Gasteiger partial charge in [-0.3, -0.25) is 14.7 Å². The van der Waals surface area contributed by atoms with Gasteiger partial charge in [0.25, 0.3) is 5.56 Å². The molecule has 2 N–H and O–H groups in total. The number of aromatic nitrogens is 4. The number of hydrogen-bond acceptors (Lipinski definition) is 6. The van der Waals surface area contributed by atoms with E-state index in [4.69, 9.17) is 9.72 Å². The van der Waals surface area contributed by atoms with Gasteiger partial charge in [-0.1, -0.05) is 31.0 Å². The number of benzene rings is 1.